The summed E-state index contributed by atoms with van der Waals surface area (Å²) < 4.78 is 12.7. The van der Waals surface area contributed by atoms with E-state index in [1.165, 1.54) is 14.2 Å². The molecule has 1 fully saturated rings. The standard InChI is InChI=1S/C39H37Br2N3O4/c1-5-32-35(23-36(45)47-3)44(31-11-7-6-8-12-31)37(26(2)38(46)48-4)39(32)42(24-27-15-19-29(40)20-16-27)33-13-9-10-14-34(33)43(39)25-28-17-21-30(41)22-18-28/h6-23,32H,5,24-25H2,1-4H3/b35-23+,37-26?. The Morgan fingerprint density at radius 3 is 1.71 bits per heavy atom. The number of ether oxygens (including phenoxy) is 2. The molecule has 2 heterocycles. The second-order valence-electron chi connectivity index (χ2n) is 11.8. The molecule has 4 aromatic rings. The molecule has 6 rings (SSSR count). The van der Waals surface area contributed by atoms with Crippen molar-refractivity contribution in [2.24, 2.45) is 5.92 Å². The highest BCUT2D eigenvalue weighted by atomic mass is 79.9. The smallest absolute Gasteiger partial charge is 0.335 e. The number of hydrogen-bond acceptors (Lipinski definition) is 7. The van der Waals surface area contributed by atoms with Crippen molar-refractivity contribution < 1.29 is 19.1 Å². The van der Waals surface area contributed by atoms with Gasteiger partial charge in [0.15, 0.2) is 5.66 Å². The first kappa shape index (κ1) is 33.6. The van der Waals surface area contributed by atoms with E-state index < -0.39 is 17.6 Å². The summed E-state index contributed by atoms with van der Waals surface area (Å²) in [5.74, 6) is -1.21. The van der Waals surface area contributed by atoms with Crippen molar-refractivity contribution in [3.8, 4) is 0 Å². The molecule has 1 spiro atoms. The summed E-state index contributed by atoms with van der Waals surface area (Å²) in [5, 5.41) is 0. The van der Waals surface area contributed by atoms with E-state index in [9.17, 15) is 9.59 Å². The molecule has 0 radical (unpaired) electrons. The highest BCUT2D eigenvalue weighted by Gasteiger charge is 2.64. The Morgan fingerprint density at radius 1 is 0.750 bits per heavy atom. The van der Waals surface area contributed by atoms with Crippen LogP contribution in [0.2, 0.25) is 0 Å². The first-order chi connectivity index (χ1) is 23.2. The van der Waals surface area contributed by atoms with Crippen molar-refractivity contribution >= 4 is 60.9 Å². The predicted octanol–water partition coefficient (Wildman–Crippen LogP) is 8.99. The maximum absolute atomic E-state index is 13.8. The molecule has 48 heavy (non-hydrogen) atoms. The SMILES string of the molecule is CCC1/C(=C\C(=O)OC)N(c2ccccc2)C(=C(C)C(=O)OC)C12N(Cc1ccc(Br)cc1)c1ccccc1N2Cc1ccc(Br)cc1. The van der Waals surface area contributed by atoms with Crippen molar-refractivity contribution in [1.82, 2.24) is 0 Å². The summed E-state index contributed by atoms with van der Waals surface area (Å²) in [4.78, 5) is 33.9. The third-order valence-corrected chi connectivity index (χ3v) is 10.3. The first-order valence-electron chi connectivity index (χ1n) is 15.8. The summed E-state index contributed by atoms with van der Waals surface area (Å²) in [6.07, 6.45) is 2.23. The van der Waals surface area contributed by atoms with Gasteiger partial charge in [-0.1, -0.05) is 93.4 Å². The van der Waals surface area contributed by atoms with E-state index in [0.29, 0.717) is 25.1 Å². The van der Waals surface area contributed by atoms with Crippen molar-refractivity contribution in [1.29, 1.82) is 0 Å². The number of hydrogen-bond donors (Lipinski definition) is 0. The Morgan fingerprint density at radius 2 is 1.25 bits per heavy atom. The fourth-order valence-corrected chi connectivity index (χ4v) is 7.76. The molecule has 1 atom stereocenters. The maximum atomic E-state index is 13.8. The fourth-order valence-electron chi connectivity index (χ4n) is 7.23. The molecule has 2 aliphatic heterocycles. The van der Waals surface area contributed by atoms with Gasteiger partial charge >= 0.3 is 11.9 Å². The number of anilines is 3. The van der Waals surface area contributed by atoms with E-state index in [1.54, 1.807) is 6.08 Å². The molecular weight excluding hydrogens is 734 g/mol. The summed E-state index contributed by atoms with van der Waals surface area (Å²) in [6, 6.07) is 34.9. The molecule has 0 N–H and O–H groups in total. The number of methoxy groups -OCH3 is 2. The van der Waals surface area contributed by atoms with E-state index in [1.807, 2.05) is 61.5 Å². The minimum atomic E-state index is -0.980. The Balaban J connectivity index is 1.74. The summed E-state index contributed by atoms with van der Waals surface area (Å²) in [6.45, 7) is 5.02. The molecule has 0 aromatic heterocycles. The van der Waals surface area contributed by atoms with Crippen LogP contribution in [0.3, 0.4) is 0 Å². The number of nitrogens with zero attached hydrogens (tertiary/aromatic N) is 3. The van der Waals surface area contributed by atoms with Crippen molar-refractivity contribution in [3.63, 3.8) is 0 Å². The number of halogens is 2. The monoisotopic (exact) mass is 769 g/mol. The minimum absolute atomic E-state index is 0.301. The second kappa shape index (κ2) is 14.0. The Hall–Kier alpha value is -4.34. The van der Waals surface area contributed by atoms with Crippen LogP contribution in [-0.2, 0) is 32.2 Å². The summed E-state index contributed by atoms with van der Waals surface area (Å²) in [7, 11) is 2.80. The lowest BCUT2D eigenvalue weighted by molar-refractivity contribution is -0.136. The second-order valence-corrected chi connectivity index (χ2v) is 13.7. The molecule has 2 aliphatic rings. The summed E-state index contributed by atoms with van der Waals surface area (Å²) in [5.41, 5.74) is 6.01. The lowest BCUT2D eigenvalue weighted by Gasteiger charge is -2.48. The van der Waals surface area contributed by atoms with Gasteiger partial charge in [-0.05, 0) is 73.0 Å². The largest absolute Gasteiger partial charge is 0.466 e. The zero-order valence-corrected chi connectivity index (χ0v) is 30.5. The van der Waals surface area contributed by atoms with Crippen LogP contribution in [0.4, 0.5) is 17.1 Å². The number of esters is 2. The minimum Gasteiger partial charge on any atom is -0.466 e. The van der Waals surface area contributed by atoms with Gasteiger partial charge in [0.1, 0.15) is 0 Å². The van der Waals surface area contributed by atoms with E-state index in [2.05, 4.69) is 102 Å². The molecular formula is C39H37Br2N3O4. The van der Waals surface area contributed by atoms with Crippen molar-refractivity contribution in [3.05, 3.63) is 146 Å². The molecule has 0 amide bonds. The van der Waals surface area contributed by atoms with Crippen LogP contribution in [0.15, 0.2) is 135 Å². The number of carbonyl (C=O) groups excluding carboxylic acids is 2. The Bertz CT molecular complexity index is 1800. The number of fused-ring (bicyclic) bond motifs is 1. The van der Waals surface area contributed by atoms with Gasteiger partial charge in [-0.25, -0.2) is 9.59 Å². The number of benzene rings is 4. The highest BCUT2D eigenvalue weighted by molar-refractivity contribution is 9.10. The van der Waals surface area contributed by atoms with Crippen LogP contribution in [0, 0.1) is 5.92 Å². The molecule has 1 saturated heterocycles. The molecule has 0 bridgehead atoms. The lowest BCUT2D eigenvalue weighted by atomic mass is 9.84. The average molecular weight is 772 g/mol. The van der Waals surface area contributed by atoms with Crippen LogP contribution >= 0.6 is 31.9 Å². The van der Waals surface area contributed by atoms with Gasteiger partial charge in [0.2, 0.25) is 0 Å². The van der Waals surface area contributed by atoms with Gasteiger partial charge < -0.3 is 24.2 Å². The van der Waals surface area contributed by atoms with E-state index >= 15 is 0 Å². The predicted molar refractivity (Wildman–Crippen MR) is 197 cm³/mol. The van der Waals surface area contributed by atoms with Crippen LogP contribution in [0.25, 0.3) is 0 Å². The van der Waals surface area contributed by atoms with Gasteiger partial charge in [0.05, 0.1) is 36.9 Å². The molecule has 4 aromatic carbocycles. The molecule has 7 nitrogen and oxygen atoms in total. The third kappa shape index (κ3) is 5.83. The van der Waals surface area contributed by atoms with Gasteiger partial charge in [0, 0.05) is 45.4 Å². The van der Waals surface area contributed by atoms with Crippen LogP contribution in [0.5, 0.6) is 0 Å². The van der Waals surface area contributed by atoms with Crippen molar-refractivity contribution in [2.75, 3.05) is 28.9 Å². The summed E-state index contributed by atoms with van der Waals surface area (Å²) >= 11 is 7.20. The Labute approximate surface area is 298 Å². The van der Waals surface area contributed by atoms with Gasteiger partial charge in [-0.15, -0.1) is 0 Å². The number of carbonyl (C=O) groups is 2. The van der Waals surface area contributed by atoms with Gasteiger partial charge in [0.25, 0.3) is 0 Å². The topological polar surface area (TPSA) is 62.3 Å². The molecule has 9 heteroatoms. The third-order valence-electron chi connectivity index (χ3n) is 9.20. The fraction of sp³-hybridized carbons (Fsp3) is 0.231. The van der Waals surface area contributed by atoms with Crippen LogP contribution in [-0.4, -0.2) is 31.8 Å². The van der Waals surface area contributed by atoms with Gasteiger partial charge in [-0.3, -0.25) is 0 Å². The molecule has 246 valence electrons. The first-order valence-corrected chi connectivity index (χ1v) is 17.4. The normalized spacial score (nSPS) is 18.3. The zero-order valence-electron chi connectivity index (χ0n) is 27.3. The molecule has 1 unspecified atom stereocenters. The zero-order chi connectivity index (χ0) is 34.0. The van der Waals surface area contributed by atoms with E-state index in [0.717, 1.165) is 48.5 Å². The van der Waals surface area contributed by atoms with E-state index in [4.69, 9.17) is 9.47 Å². The lowest BCUT2D eigenvalue weighted by Crippen LogP contribution is -2.61. The maximum Gasteiger partial charge on any atom is 0.335 e. The average Bonchev–Trinajstić information content (AvgIpc) is 3.54. The number of rotatable bonds is 8. The van der Waals surface area contributed by atoms with Gasteiger partial charge in [-0.2, -0.15) is 0 Å². The van der Waals surface area contributed by atoms with Crippen molar-refractivity contribution in [2.45, 2.75) is 39.0 Å². The Kier molecular flexibility index (Phi) is 9.80. The van der Waals surface area contributed by atoms with E-state index in [-0.39, 0.29) is 5.92 Å². The molecule has 0 aliphatic carbocycles. The van der Waals surface area contributed by atoms with Crippen LogP contribution < -0.4 is 14.7 Å². The molecule has 0 saturated carbocycles. The number of para-hydroxylation sites is 3. The van der Waals surface area contributed by atoms with Crippen LogP contribution in [0.1, 0.15) is 31.4 Å². The quantitative estimate of drug-likeness (QED) is 0.131. The highest BCUT2D eigenvalue weighted by Crippen LogP contribution is 2.61.